The molecule has 2 rings (SSSR count). The third-order valence-electron chi connectivity index (χ3n) is 3.87. The van der Waals surface area contributed by atoms with Crippen LogP contribution in [0.4, 0.5) is 0 Å². The molecule has 2 saturated heterocycles. The van der Waals surface area contributed by atoms with E-state index in [1.165, 1.54) is 0 Å². The van der Waals surface area contributed by atoms with Crippen molar-refractivity contribution in [2.75, 3.05) is 40.0 Å². The molecular weight excluding hydrogens is 234 g/mol. The second kappa shape index (κ2) is 5.99. The van der Waals surface area contributed by atoms with Crippen molar-refractivity contribution in [2.45, 2.75) is 37.9 Å². The van der Waals surface area contributed by atoms with Gasteiger partial charge in [-0.25, -0.2) is 0 Å². The van der Waals surface area contributed by atoms with Gasteiger partial charge in [0.1, 0.15) is 6.61 Å². The molecule has 0 aliphatic carbocycles. The summed E-state index contributed by atoms with van der Waals surface area (Å²) in [6.07, 6.45) is 3.02. The zero-order valence-electron chi connectivity index (χ0n) is 11.3. The Labute approximate surface area is 108 Å². The molecule has 2 aliphatic heterocycles. The summed E-state index contributed by atoms with van der Waals surface area (Å²) >= 11 is 0. The van der Waals surface area contributed by atoms with Gasteiger partial charge in [-0.2, -0.15) is 0 Å². The lowest BCUT2D eigenvalue weighted by Crippen LogP contribution is -2.47. The molecule has 2 aliphatic rings. The first kappa shape index (κ1) is 13.8. The SMILES string of the molecule is CCO[C@@H]1COC2(CCN(C(=O)COC)CC2)C1. The standard InChI is InChI=1S/C13H23NO4/c1-3-17-11-8-13(18-9-11)4-6-14(7-5-13)12(15)10-16-2/h11H,3-10H2,1-2H3/t11-/m0/s1. The molecule has 2 heterocycles. The monoisotopic (exact) mass is 257 g/mol. The van der Waals surface area contributed by atoms with Gasteiger partial charge in [-0.3, -0.25) is 4.79 Å². The molecule has 5 nitrogen and oxygen atoms in total. The minimum absolute atomic E-state index is 0.0519. The minimum Gasteiger partial charge on any atom is -0.376 e. The number of likely N-dealkylation sites (tertiary alicyclic amines) is 1. The van der Waals surface area contributed by atoms with Crippen LogP contribution in [0.15, 0.2) is 0 Å². The van der Waals surface area contributed by atoms with Crippen molar-refractivity contribution in [3.63, 3.8) is 0 Å². The number of carbonyl (C=O) groups is 1. The van der Waals surface area contributed by atoms with Crippen molar-refractivity contribution in [3.8, 4) is 0 Å². The van der Waals surface area contributed by atoms with Crippen LogP contribution in [0.25, 0.3) is 0 Å². The summed E-state index contributed by atoms with van der Waals surface area (Å²) < 4.78 is 16.4. The Hall–Kier alpha value is -0.650. The Morgan fingerprint density at radius 3 is 2.78 bits per heavy atom. The second-order valence-electron chi connectivity index (χ2n) is 5.09. The van der Waals surface area contributed by atoms with Crippen molar-refractivity contribution < 1.29 is 19.0 Å². The van der Waals surface area contributed by atoms with Gasteiger partial charge in [0, 0.05) is 33.2 Å². The van der Waals surface area contributed by atoms with E-state index in [1.807, 2.05) is 11.8 Å². The Bertz CT molecular complexity index is 287. The van der Waals surface area contributed by atoms with Crippen molar-refractivity contribution in [3.05, 3.63) is 0 Å². The van der Waals surface area contributed by atoms with E-state index >= 15 is 0 Å². The number of rotatable bonds is 4. The Morgan fingerprint density at radius 2 is 2.17 bits per heavy atom. The molecule has 18 heavy (non-hydrogen) atoms. The normalized spacial score (nSPS) is 26.8. The molecule has 0 radical (unpaired) electrons. The predicted molar refractivity (Wildman–Crippen MR) is 66.4 cm³/mol. The number of carbonyl (C=O) groups excluding carboxylic acids is 1. The summed E-state index contributed by atoms with van der Waals surface area (Å²) in [5, 5.41) is 0. The highest BCUT2D eigenvalue weighted by Gasteiger charge is 2.43. The molecule has 0 aromatic rings. The molecule has 0 saturated carbocycles. The summed E-state index contributed by atoms with van der Waals surface area (Å²) in [6, 6.07) is 0. The lowest BCUT2D eigenvalue weighted by atomic mass is 9.88. The zero-order chi connectivity index (χ0) is 13.0. The molecule has 104 valence electrons. The van der Waals surface area contributed by atoms with Crippen LogP contribution in [0.1, 0.15) is 26.2 Å². The van der Waals surface area contributed by atoms with Gasteiger partial charge in [0.25, 0.3) is 0 Å². The minimum atomic E-state index is -0.0519. The van der Waals surface area contributed by atoms with Crippen molar-refractivity contribution in [2.24, 2.45) is 0 Å². The summed E-state index contributed by atoms with van der Waals surface area (Å²) in [5.74, 6) is 0.0757. The van der Waals surface area contributed by atoms with Gasteiger partial charge in [-0.05, 0) is 19.8 Å². The first-order chi connectivity index (χ1) is 8.69. The van der Waals surface area contributed by atoms with E-state index in [0.29, 0.717) is 6.61 Å². The summed E-state index contributed by atoms with van der Waals surface area (Å²) in [5.41, 5.74) is -0.0519. The molecule has 0 aromatic heterocycles. The highest BCUT2D eigenvalue weighted by Crippen LogP contribution is 2.36. The van der Waals surface area contributed by atoms with Crippen LogP contribution < -0.4 is 0 Å². The van der Waals surface area contributed by atoms with Crippen LogP contribution in [0.3, 0.4) is 0 Å². The van der Waals surface area contributed by atoms with Crippen LogP contribution in [-0.4, -0.2) is 62.5 Å². The lowest BCUT2D eigenvalue weighted by molar-refractivity contribution is -0.139. The van der Waals surface area contributed by atoms with E-state index in [9.17, 15) is 4.79 Å². The topological polar surface area (TPSA) is 48.0 Å². The fraction of sp³-hybridized carbons (Fsp3) is 0.923. The third-order valence-corrected chi connectivity index (χ3v) is 3.87. The van der Waals surface area contributed by atoms with E-state index in [-0.39, 0.29) is 24.2 Å². The van der Waals surface area contributed by atoms with Crippen molar-refractivity contribution in [1.29, 1.82) is 0 Å². The highest BCUT2D eigenvalue weighted by molar-refractivity contribution is 5.77. The fourth-order valence-corrected chi connectivity index (χ4v) is 2.87. The second-order valence-corrected chi connectivity index (χ2v) is 5.09. The number of hydrogen-bond acceptors (Lipinski definition) is 4. The number of amides is 1. The smallest absolute Gasteiger partial charge is 0.248 e. The van der Waals surface area contributed by atoms with Crippen LogP contribution in [-0.2, 0) is 19.0 Å². The summed E-state index contributed by atoms with van der Waals surface area (Å²) in [4.78, 5) is 13.6. The summed E-state index contributed by atoms with van der Waals surface area (Å²) in [7, 11) is 1.55. The largest absolute Gasteiger partial charge is 0.376 e. The quantitative estimate of drug-likeness (QED) is 0.748. The molecule has 2 fully saturated rings. The van der Waals surface area contributed by atoms with Gasteiger partial charge in [0.15, 0.2) is 0 Å². The van der Waals surface area contributed by atoms with Crippen LogP contribution >= 0.6 is 0 Å². The van der Waals surface area contributed by atoms with Gasteiger partial charge in [0.2, 0.25) is 5.91 Å². The predicted octanol–water partition coefficient (Wildman–Crippen LogP) is 0.819. The van der Waals surface area contributed by atoms with Gasteiger partial charge >= 0.3 is 0 Å². The van der Waals surface area contributed by atoms with Crippen LogP contribution in [0, 0.1) is 0 Å². The van der Waals surface area contributed by atoms with Crippen LogP contribution in [0.2, 0.25) is 0 Å². The third kappa shape index (κ3) is 3.02. The van der Waals surface area contributed by atoms with Gasteiger partial charge < -0.3 is 19.1 Å². The van der Waals surface area contributed by atoms with E-state index < -0.39 is 0 Å². The number of piperidine rings is 1. The molecule has 5 heteroatoms. The average molecular weight is 257 g/mol. The first-order valence-electron chi connectivity index (χ1n) is 6.71. The number of methoxy groups -OCH3 is 1. The van der Waals surface area contributed by atoms with E-state index in [4.69, 9.17) is 14.2 Å². The summed E-state index contributed by atoms with van der Waals surface area (Å²) in [6.45, 7) is 5.15. The van der Waals surface area contributed by atoms with Gasteiger partial charge in [-0.15, -0.1) is 0 Å². The number of hydrogen-bond donors (Lipinski definition) is 0. The number of ether oxygens (including phenoxy) is 3. The fourth-order valence-electron chi connectivity index (χ4n) is 2.87. The zero-order valence-corrected chi connectivity index (χ0v) is 11.3. The van der Waals surface area contributed by atoms with Gasteiger partial charge in [-0.1, -0.05) is 0 Å². The van der Waals surface area contributed by atoms with E-state index in [2.05, 4.69) is 0 Å². The maximum absolute atomic E-state index is 11.7. The Balaban J connectivity index is 1.81. The van der Waals surface area contributed by atoms with Crippen molar-refractivity contribution >= 4 is 5.91 Å². The van der Waals surface area contributed by atoms with E-state index in [1.54, 1.807) is 7.11 Å². The molecule has 1 spiro atoms. The molecule has 0 bridgehead atoms. The molecular formula is C13H23NO4. The molecule has 0 unspecified atom stereocenters. The Kier molecular flexibility index (Phi) is 4.59. The van der Waals surface area contributed by atoms with E-state index in [0.717, 1.165) is 39.0 Å². The van der Waals surface area contributed by atoms with Crippen LogP contribution in [0.5, 0.6) is 0 Å². The molecule has 1 amide bonds. The average Bonchev–Trinajstić information content (AvgIpc) is 2.74. The maximum Gasteiger partial charge on any atom is 0.248 e. The lowest BCUT2D eigenvalue weighted by Gasteiger charge is -2.38. The molecule has 0 aromatic carbocycles. The highest BCUT2D eigenvalue weighted by atomic mass is 16.6. The Morgan fingerprint density at radius 1 is 1.44 bits per heavy atom. The number of nitrogens with zero attached hydrogens (tertiary/aromatic N) is 1. The van der Waals surface area contributed by atoms with Gasteiger partial charge in [0.05, 0.1) is 18.3 Å². The molecule has 0 N–H and O–H groups in total. The maximum atomic E-state index is 11.7. The van der Waals surface area contributed by atoms with Crippen molar-refractivity contribution in [1.82, 2.24) is 4.90 Å². The first-order valence-corrected chi connectivity index (χ1v) is 6.71. The molecule has 1 atom stereocenters.